The molecule has 0 aromatic carbocycles. The molecule has 0 heterocycles. The van der Waals surface area contributed by atoms with Gasteiger partial charge >= 0.3 is 7.82 Å². The SMILES string of the molecule is CCCCCCCCCCCCCCCCCC/C=C/CC/C=C/CC/C=C/C(O)C(COP(=O)(O)OCC[N+](C)(C)C)NC(=O)CCCCCCCCCC. The highest BCUT2D eigenvalue weighted by molar-refractivity contribution is 7.47. The van der Waals surface area contributed by atoms with E-state index in [1.807, 2.05) is 27.2 Å². The Morgan fingerprint density at radius 3 is 1.43 bits per heavy atom. The minimum absolute atomic E-state index is 0.0542. The van der Waals surface area contributed by atoms with E-state index in [9.17, 15) is 19.4 Å². The number of nitrogens with one attached hydrogen (secondary N) is 1. The normalized spacial score (nSPS) is 14.6. The number of hydrogen-bond donors (Lipinski definition) is 3. The lowest BCUT2D eigenvalue weighted by Gasteiger charge is -2.25. The molecule has 1 amide bonds. The van der Waals surface area contributed by atoms with Crippen molar-refractivity contribution in [3.63, 3.8) is 0 Å². The predicted octanol–water partition coefficient (Wildman–Crippen LogP) is 13.1. The second kappa shape index (κ2) is 39.2. The zero-order valence-corrected chi connectivity index (χ0v) is 38.3. The molecule has 3 unspecified atom stereocenters. The van der Waals surface area contributed by atoms with Gasteiger partial charge in [-0.05, 0) is 44.9 Å². The number of phosphoric ester groups is 1. The molecule has 3 N–H and O–H groups in total. The molecule has 330 valence electrons. The summed E-state index contributed by atoms with van der Waals surface area (Å²) in [5.74, 6) is -0.197. The van der Waals surface area contributed by atoms with Gasteiger partial charge in [0.25, 0.3) is 0 Å². The summed E-state index contributed by atoms with van der Waals surface area (Å²) in [7, 11) is 1.55. The summed E-state index contributed by atoms with van der Waals surface area (Å²) in [5.41, 5.74) is 0. The van der Waals surface area contributed by atoms with Crippen LogP contribution < -0.4 is 5.32 Å². The van der Waals surface area contributed by atoms with Crippen molar-refractivity contribution >= 4 is 13.7 Å². The van der Waals surface area contributed by atoms with Crippen LogP contribution in [0.2, 0.25) is 0 Å². The molecular weight excluding hydrogens is 719 g/mol. The van der Waals surface area contributed by atoms with Crippen LogP contribution in [-0.2, 0) is 18.4 Å². The monoisotopic (exact) mass is 812 g/mol. The van der Waals surface area contributed by atoms with Crippen LogP contribution in [0.1, 0.15) is 206 Å². The van der Waals surface area contributed by atoms with Gasteiger partial charge in [0.1, 0.15) is 13.2 Å². The molecule has 0 aromatic rings. The summed E-state index contributed by atoms with van der Waals surface area (Å²) in [4.78, 5) is 23.0. The molecular formula is C47H92N2O6P+. The Balaban J connectivity index is 4.26. The van der Waals surface area contributed by atoms with Crippen LogP contribution in [0.25, 0.3) is 0 Å². The number of aliphatic hydroxyl groups is 1. The molecule has 0 spiro atoms. The van der Waals surface area contributed by atoms with Crippen molar-refractivity contribution in [1.29, 1.82) is 0 Å². The van der Waals surface area contributed by atoms with Gasteiger partial charge in [0.05, 0.1) is 39.9 Å². The molecule has 9 heteroatoms. The van der Waals surface area contributed by atoms with Gasteiger partial charge in [0.15, 0.2) is 0 Å². The van der Waals surface area contributed by atoms with Crippen molar-refractivity contribution in [3.8, 4) is 0 Å². The molecule has 0 radical (unpaired) electrons. The van der Waals surface area contributed by atoms with Crippen LogP contribution in [0.3, 0.4) is 0 Å². The van der Waals surface area contributed by atoms with Crippen molar-refractivity contribution in [3.05, 3.63) is 36.5 Å². The summed E-state index contributed by atoms with van der Waals surface area (Å²) >= 11 is 0. The molecule has 0 saturated carbocycles. The molecule has 3 atom stereocenters. The zero-order chi connectivity index (χ0) is 41.4. The number of carbonyl (C=O) groups excluding carboxylic acids is 1. The van der Waals surface area contributed by atoms with E-state index in [2.05, 4.69) is 43.5 Å². The summed E-state index contributed by atoms with van der Waals surface area (Å²) in [6.07, 6.45) is 48.2. The Morgan fingerprint density at radius 1 is 0.589 bits per heavy atom. The molecule has 56 heavy (non-hydrogen) atoms. The molecule has 0 aliphatic heterocycles. The number of likely N-dealkylation sites (N-methyl/N-ethyl adjacent to an activating group) is 1. The van der Waals surface area contributed by atoms with Crippen LogP contribution in [0.5, 0.6) is 0 Å². The highest BCUT2D eigenvalue weighted by Gasteiger charge is 2.27. The van der Waals surface area contributed by atoms with Crippen molar-refractivity contribution in [2.75, 3.05) is 40.9 Å². The van der Waals surface area contributed by atoms with Crippen LogP contribution in [0.15, 0.2) is 36.5 Å². The van der Waals surface area contributed by atoms with E-state index in [-0.39, 0.29) is 19.1 Å². The molecule has 0 aliphatic carbocycles. The first-order valence-electron chi connectivity index (χ1n) is 23.4. The van der Waals surface area contributed by atoms with Gasteiger partial charge < -0.3 is 19.8 Å². The first-order chi connectivity index (χ1) is 27.0. The number of amides is 1. The van der Waals surface area contributed by atoms with Gasteiger partial charge in [-0.2, -0.15) is 0 Å². The lowest BCUT2D eigenvalue weighted by Crippen LogP contribution is -2.45. The first-order valence-corrected chi connectivity index (χ1v) is 24.9. The molecule has 0 fully saturated rings. The number of unbranched alkanes of at least 4 members (excludes halogenated alkanes) is 25. The van der Waals surface area contributed by atoms with Crippen molar-refractivity contribution < 1.29 is 32.9 Å². The summed E-state index contributed by atoms with van der Waals surface area (Å²) in [5, 5.41) is 13.7. The quantitative estimate of drug-likeness (QED) is 0.0245. The fraction of sp³-hybridized carbons (Fsp3) is 0.851. The van der Waals surface area contributed by atoms with E-state index in [4.69, 9.17) is 9.05 Å². The van der Waals surface area contributed by atoms with Crippen molar-refractivity contribution in [1.82, 2.24) is 5.32 Å². The number of rotatable bonds is 42. The largest absolute Gasteiger partial charge is 0.472 e. The number of allylic oxidation sites excluding steroid dienone is 5. The maximum atomic E-state index is 12.8. The summed E-state index contributed by atoms with van der Waals surface area (Å²) in [6.45, 7) is 4.75. The Bertz CT molecular complexity index is 1010. The van der Waals surface area contributed by atoms with E-state index >= 15 is 0 Å². The van der Waals surface area contributed by atoms with Gasteiger partial charge in [0.2, 0.25) is 5.91 Å². The lowest BCUT2D eigenvalue weighted by atomic mass is 10.0. The minimum atomic E-state index is -4.34. The van der Waals surface area contributed by atoms with Gasteiger partial charge in [0, 0.05) is 6.42 Å². The topological polar surface area (TPSA) is 105 Å². The van der Waals surface area contributed by atoms with Crippen molar-refractivity contribution in [2.24, 2.45) is 0 Å². The maximum Gasteiger partial charge on any atom is 0.472 e. The summed E-state index contributed by atoms with van der Waals surface area (Å²) < 4.78 is 23.5. The minimum Gasteiger partial charge on any atom is -0.387 e. The maximum absolute atomic E-state index is 12.8. The first kappa shape index (κ1) is 54.7. The van der Waals surface area contributed by atoms with Gasteiger partial charge in [-0.15, -0.1) is 0 Å². The smallest absolute Gasteiger partial charge is 0.387 e. The van der Waals surface area contributed by atoms with Gasteiger partial charge in [-0.3, -0.25) is 13.8 Å². The van der Waals surface area contributed by atoms with E-state index in [1.54, 1.807) is 6.08 Å². The van der Waals surface area contributed by atoms with E-state index in [0.717, 1.165) is 44.9 Å². The zero-order valence-electron chi connectivity index (χ0n) is 37.4. The van der Waals surface area contributed by atoms with E-state index < -0.39 is 20.0 Å². The standard InChI is InChI=1S/C47H91N2O6P/c1-6-8-10-12-14-16-17-18-19-20-21-22-23-24-25-26-27-28-29-30-31-32-33-34-36-38-40-46(50)45(44-55-56(52,53)54-43-42-49(3,4)5)48-47(51)41-39-37-35-15-13-11-9-7-2/h28-29,32-33,38,40,45-46,50H,6-27,30-31,34-37,39,41-44H2,1-5H3,(H-,48,51,52,53)/p+1/b29-28+,33-32+,40-38+. The molecule has 0 saturated heterocycles. The Morgan fingerprint density at radius 2 is 0.982 bits per heavy atom. The van der Waals surface area contributed by atoms with Crippen molar-refractivity contribution in [2.45, 2.75) is 219 Å². The van der Waals surface area contributed by atoms with Crippen LogP contribution in [0.4, 0.5) is 0 Å². The summed E-state index contributed by atoms with van der Waals surface area (Å²) in [6, 6.07) is -0.864. The highest BCUT2D eigenvalue weighted by Crippen LogP contribution is 2.43. The Labute approximate surface area is 347 Å². The molecule has 0 bridgehead atoms. The number of quaternary nitrogens is 1. The fourth-order valence-electron chi connectivity index (χ4n) is 6.60. The second-order valence-electron chi connectivity index (χ2n) is 17.1. The lowest BCUT2D eigenvalue weighted by molar-refractivity contribution is -0.870. The second-order valence-corrected chi connectivity index (χ2v) is 18.6. The third-order valence-corrected chi connectivity index (χ3v) is 11.3. The Hall–Kier alpha value is -1.28. The van der Waals surface area contributed by atoms with Gasteiger partial charge in [-0.25, -0.2) is 4.57 Å². The average Bonchev–Trinajstić information content (AvgIpc) is 3.15. The molecule has 8 nitrogen and oxygen atoms in total. The average molecular weight is 812 g/mol. The van der Waals surface area contributed by atoms with Gasteiger partial charge in [-0.1, -0.05) is 192 Å². The number of phosphoric acid groups is 1. The number of hydrogen-bond acceptors (Lipinski definition) is 5. The molecule has 0 aliphatic rings. The van der Waals surface area contributed by atoms with Crippen LogP contribution in [-0.4, -0.2) is 73.4 Å². The van der Waals surface area contributed by atoms with E-state index in [0.29, 0.717) is 17.4 Å². The number of carbonyl (C=O) groups is 1. The predicted molar refractivity (Wildman–Crippen MR) is 240 cm³/mol. The molecule has 0 aromatic heterocycles. The molecule has 0 rings (SSSR count). The van der Waals surface area contributed by atoms with E-state index in [1.165, 1.54) is 141 Å². The number of nitrogens with zero attached hydrogens (tertiary/aromatic N) is 1. The Kier molecular flexibility index (Phi) is 38.3. The number of aliphatic hydroxyl groups excluding tert-OH is 1. The van der Waals surface area contributed by atoms with Crippen LogP contribution >= 0.6 is 7.82 Å². The highest BCUT2D eigenvalue weighted by atomic mass is 31.2. The van der Waals surface area contributed by atoms with Crippen LogP contribution in [0, 0.1) is 0 Å². The third kappa shape index (κ3) is 40.9. The fourth-order valence-corrected chi connectivity index (χ4v) is 7.34. The third-order valence-electron chi connectivity index (χ3n) is 10.3.